The Morgan fingerprint density at radius 2 is 1.85 bits per heavy atom. The Kier molecular flexibility index (Phi) is 6.16. The minimum atomic E-state index is -2.40. The molecule has 0 aliphatic carbocycles. The maximum Gasteiger partial charge on any atom is 2.00 e. The van der Waals surface area contributed by atoms with Gasteiger partial charge >= 0.3 is 17.1 Å². The molecule has 1 aromatic rings. The molecule has 1 rings (SSSR count). The fourth-order valence-electron chi connectivity index (χ4n) is 0.488. The second kappa shape index (κ2) is 5.74. The number of hydrogen-bond donors (Lipinski definition) is 0. The van der Waals surface area contributed by atoms with Gasteiger partial charge in [0.15, 0.2) is 11.9 Å². The van der Waals surface area contributed by atoms with Crippen LogP contribution in [0.25, 0.3) is 0 Å². The minimum absolute atomic E-state index is 0. The van der Waals surface area contributed by atoms with E-state index in [1.807, 2.05) is 0 Å². The van der Waals surface area contributed by atoms with E-state index < -0.39 is 7.32 Å². The molecule has 1 aromatic heterocycles. The largest absolute Gasteiger partial charge is 2.00 e. The van der Waals surface area contributed by atoms with E-state index in [1.165, 1.54) is 0 Å². The third-order valence-corrected chi connectivity index (χ3v) is 3.96. The molecule has 1 radical (unpaired) electrons. The molecule has 5 nitrogen and oxygen atoms in total. The summed E-state index contributed by atoms with van der Waals surface area (Å²) in [5.74, 6) is 0. The predicted octanol–water partition coefficient (Wildman–Crippen LogP) is -0.698. The molecule has 13 heavy (non-hydrogen) atoms. The van der Waals surface area contributed by atoms with Gasteiger partial charge < -0.3 is 14.8 Å². The molecule has 1 heterocycles. The van der Waals surface area contributed by atoms with Crippen LogP contribution in [0.3, 0.4) is 0 Å². The average molecular weight is 426 g/mol. The van der Waals surface area contributed by atoms with Crippen LogP contribution in [0.5, 0.6) is 0 Å². The first-order chi connectivity index (χ1) is 5.52. The standard InChI is InChI=1S/C3BBr3N2O3.Cu/c5-1-2(6)8-9(3(1)7)12-4(10)11;/q-2;+2. The number of halogens is 3. The summed E-state index contributed by atoms with van der Waals surface area (Å²) in [5, 5.41) is 23.8. The van der Waals surface area contributed by atoms with Crippen molar-refractivity contribution in [3.8, 4) is 0 Å². The summed E-state index contributed by atoms with van der Waals surface area (Å²) in [4.78, 5) is 0.804. The number of hydrogen-bond acceptors (Lipinski definition) is 4. The van der Waals surface area contributed by atoms with Gasteiger partial charge in [-0.15, -0.1) is 9.94 Å². The molecule has 75 valence electrons. The average Bonchev–Trinajstić information content (AvgIpc) is 2.17. The Hall–Kier alpha value is 0.954. The third-order valence-electron chi connectivity index (χ3n) is 0.895. The predicted molar refractivity (Wildman–Crippen MR) is 47.7 cm³/mol. The summed E-state index contributed by atoms with van der Waals surface area (Å²) >= 11 is 9.24. The van der Waals surface area contributed by atoms with E-state index in [0.717, 1.165) is 4.85 Å². The van der Waals surface area contributed by atoms with Crippen LogP contribution in [-0.4, -0.2) is 17.3 Å². The molecule has 0 spiro atoms. The van der Waals surface area contributed by atoms with Gasteiger partial charge in [0.2, 0.25) is 0 Å². The minimum Gasteiger partial charge on any atom is -0.858 e. The summed E-state index contributed by atoms with van der Waals surface area (Å²) in [6.45, 7) is 0. The maximum absolute atomic E-state index is 10.1. The summed E-state index contributed by atoms with van der Waals surface area (Å²) in [6.07, 6.45) is 0. The first-order valence-corrected chi connectivity index (χ1v) is 4.98. The zero-order valence-corrected chi connectivity index (χ0v) is 11.3. The van der Waals surface area contributed by atoms with E-state index >= 15 is 0 Å². The van der Waals surface area contributed by atoms with Crippen LogP contribution in [0.4, 0.5) is 0 Å². The Bertz CT molecular complexity index is 296. The van der Waals surface area contributed by atoms with Crippen molar-refractivity contribution in [2.45, 2.75) is 0 Å². The van der Waals surface area contributed by atoms with Gasteiger partial charge in [-0.2, -0.15) is 0 Å². The van der Waals surface area contributed by atoms with Crippen molar-refractivity contribution in [3.05, 3.63) is 13.7 Å². The number of aromatic nitrogens is 2. The normalized spacial score (nSPS) is 9.31. The number of nitrogens with zero attached hydrogens (tertiary/aromatic N) is 2. The van der Waals surface area contributed by atoms with E-state index in [9.17, 15) is 10.0 Å². The van der Waals surface area contributed by atoms with Crippen LogP contribution in [-0.2, 0) is 17.1 Å². The fourth-order valence-corrected chi connectivity index (χ4v) is 1.67. The van der Waals surface area contributed by atoms with Crippen molar-refractivity contribution in [3.63, 3.8) is 0 Å². The van der Waals surface area contributed by atoms with E-state index in [-0.39, 0.29) is 17.1 Å². The molecule has 0 fully saturated rings. The molecular weight excluding hydrogens is 426 g/mol. The zero-order valence-electron chi connectivity index (χ0n) is 5.63. The Labute approximate surface area is 110 Å². The van der Waals surface area contributed by atoms with Crippen molar-refractivity contribution in [1.29, 1.82) is 0 Å². The number of rotatable bonds is 2. The second-order valence-corrected chi connectivity index (χ2v) is 3.96. The van der Waals surface area contributed by atoms with Gasteiger partial charge in [-0.25, -0.2) is 0 Å². The molecule has 10 heteroatoms. The summed E-state index contributed by atoms with van der Waals surface area (Å²) in [5.41, 5.74) is 0. The van der Waals surface area contributed by atoms with Crippen molar-refractivity contribution >= 4 is 55.1 Å². The van der Waals surface area contributed by atoms with Crippen molar-refractivity contribution < 1.29 is 31.9 Å². The van der Waals surface area contributed by atoms with E-state index in [2.05, 4.69) is 57.6 Å². The Morgan fingerprint density at radius 1 is 1.31 bits per heavy atom. The summed E-state index contributed by atoms with van der Waals surface area (Å²) in [6, 6.07) is 0. The second-order valence-electron chi connectivity index (χ2n) is 1.66. The van der Waals surface area contributed by atoms with Gasteiger partial charge in [-0.1, -0.05) is 0 Å². The molecule has 0 saturated carbocycles. The molecule has 0 saturated heterocycles. The van der Waals surface area contributed by atoms with E-state index in [0.29, 0.717) is 13.7 Å². The van der Waals surface area contributed by atoms with Crippen molar-refractivity contribution in [2.75, 3.05) is 0 Å². The molecule has 0 unspecified atom stereocenters. The quantitative estimate of drug-likeness (QED) is 0.587. The van der Waals surface area contributed by atoms with Crippen LogP contribution in [0.15, 0.2) is 13.7 Å². The van der Waals surface area contributed by atoms with E-state index in [4.69, 9.17) is 0 Å². The molecule has 0 bridgehead atoms. The summed E-state index contributed by atoms with van der Waals surface area (Å²) < 4.78 is 5.61. The first-order valence-electron chi connectivity index (χ1n) is 2.60. The van der Waals surface area contributed by atoms with Gasteiger partial charge in [0.25, 0.3) is 0 Å². The molecule has 0 aliphatic rings. The third kappa shape index (κ3) is 3.54. The van der Waals surface area contributed by atoms with Crippen LogP contribution >= 0.6 is 47.8 Å². The van der Waals surface area contributed by atoms with Crippen LogP contribution < -0.4 is 14.8 Å². The van der Waals surface area contributed by atoms with Crippen LogP contribution in [0.1, 0.15) is 0 Å². The monoisotopic (exact) mass is 423 g/mol. The van der Waals surface area contributed by atoms with Gasteiger partial charge in [0.1, 0.15) is 4.60 Å². The Morgan fingerprint density at radius 3 is 2.15 bits per heavy atom. The zero-order chi connectivity index (χ0) is 9.30. The van der Waals surface area contributed by atoms with Gasteiger partial charge in [0.05, 0.1) is 4.47 Å². The molecular formula is C3BBr3CuN2O3. The molecule has 0 N–H and O–H groups in total. The SMILES string of the molecule is [Cu+2].[O-]B([O-])On1nc(Br)c(Br)c1Br. The van der Waals surface area contributed by atoms with Gasteiger partial charge in [-0.05, 0) is 47.8 Å². The summed E-state index contributed by atoms with van der Waals surface area (Å²) in [7, 11) is -2.40. The maximum atomic E-state index is 10.1. The molecule has 0 aromatic carbocycles. The topological polar surface area (TPSA) is 73.2 Å². The first kappa shape index (κ1) is 14.0. The van der Waals surface area contributed by atoms with E-state index in [1.54, 1.807) is 0 Å². The molecule has 0 atom stereocenters. The fraction of sp³-hybridized carbons (Fsp3) is 0. The smallest absolute Gasteiger partial charge is 0.858 e. The van der Waals surface area contributed by atoms with Crippen molar-refractivity contribution in [1.82, 2.24) is 9.94 Å². The van der Waals surface area contributed by atoms with Crippen LogP contribution in [0.2, 0.25) is 0 Å². The van der Waals surface area contributed by atoms with Gasteiger partial charge in [-0.3, -0.25) is 0 Å². The van der Waals surface area contributed by atoms with Crippen LogP contribution in [0, 0.1) is 0 Å². The Balaban J connectivity index is 0.00000144. The molecule has 0 aliphatic heterocycles. The van der Waals surface area contributed by atoms with Crippen molar-refractivity contribution in [2.24, 2.45) is 0 Å². The molecule has 0 amide bonds. The van der Waals surface area contributed by atoms with Gasteiger partial charge in [0, 0.05) is 0 Å².